The number of carbonyl (C=O) groups excluding carboxylic acids is 4. The van der Waals surface area contributed by atoms with Gasteiger partial charge in [0.25, 0.3) is 0 Å². The molecule has 0 bridgehead atoms. The highest BCUT2D eigenvalue weighted by Crippen LogP contribution is 2.26. The third-order valence-corrected chi connectivity index (χ3v) is 3.09. The van der Waals surface area contributed by atoms with E-state index in [2.05, 4.69) is 5.32 Å². The zero-order valence-electron chi connectivity index (χ0n) is 13.8. The van der Waals surface area contributed by atoms with Crippen molar-refractivity contribution in [3.63, 3.8) is 0 Å². The average Bonchev–Trinajstić information content (AvgIpc) is 2.42. The molecule has 1 saturated heterocycles. The van der Waals surface area contributed by atoms with Crippen molar-refractivity contribution in [1.29, 1.82) is 0 Å². The summed E-state index contributed by atoms with van der Waals surface area (Å²) in [5.74, 6) is -2.54. The average molecular weight is 347 g/mol. The smallest absolute Gasteiger partial charge is 0.303 e. The summed E-state index contributed by atoms with van der Waals surface area (Å²) in [6.45, 7) is 4.28. The minimum atomic E-state index is -1.56. The first kappa shape index (κ1) is 19.8. The third-order valence-electron chi connectivity index (χ3n) is 3.09. The zero-order valence-corrected chi connectivity index (χ0v) is 13.8. The van der Waals surface area contributed by atoms with Crippen LogP contribution in [0.25, 0.3) is 0 Å². The zero-order chi connectivity index (χ0) is 18.4. The van der Waals surface area contributed by atoms with Gasteiger partial charge in [-0.25, -0.2) is 0 Å². The van der Waals surface area contributed by atoms with Gasteiger partial charge in [0.15, 0.2) is 18.5 Å². The number of aliphatic hydroxyl groups is 1. The number of carbonyl (C=O) groups is 4. The predicted octanol–water partition coefficient (Wildman–Crippen LogP) is -1.37. The molecule has 24 heavy (non-hydrogen) atoms. The van der Waals surface area contributed by atoms with Crippen molar-refractivity contribution in [3.05, 3.63) is 0 Å². The molecule has 136 valence electrons. The Kier molecular flexibility index (Phi) is 7.11. The molecule has 10 nitrogen and oxygen atoms in total. The first-order valence-corrected chi connectivity index (χ1v) is 7.20. The molecule has 0 radical (unpaired) electrons. The maximum absolute atomic E-state index is 11.4. The molecular formula is C14H21NO9. The summed E-state index contributed by atoms with van der Waals surface area (Å²) < 4.78 is 20.3. The number of hydrogen-bond donors (Lipinski definition) is 2. The first-order valence-electron chi connectivity index (χ1n) is 7.20. The van der Waals surface area contributed by atoms with Gasteiger partial charge in [0.1, 0.15) is 18.8 Å². The molecule has 3 unspecified atom stereocenters. The maximum Gasteiger partial charge on any atom is 0.303 e. The van der Waals surface area contributed by atoms with E-state index < -0.39 is 54.5 Å². The van der Waals surface area contributed by atoms with Gasteiger partial charge in [-0.1, -0.05) is 0 Å². The number of ether oxygens (including phenoxy) is 4. The van der Waals surface area contributed by atoms with E-state index in [1.165, 1.54) is 13.8 Å². The Morgan fingerprint density at radius 2 is 1.50 bits per heavy atom. The Balaban J connectivity index is 3.11. The molecule has 1 aliphatic heterocycles. The van der Waals surface area contributed by atoms with Crippen molar-refractivity contribution in [1.82, 2.24) is 5.32 Å². The quantitative estimate of drug-likeness (QED) is 0.456. The van der Waals surface area contributed by atoms with Gasteiger partial charge < -0.3 is 29.4 Å². The monoisotopic (exact) mass is 347 g/mol. The molecule has 0 spiro atoms. The molecule has 0 aromatic rings. The lowest BCUT2D eigenvalue weighted by molar-refractivity contribution is -0.264. The van der Waals surface area contributed by atoms with Crippen LogP contribution in [0.5, 0.6) is 0 Å². The van der Waals surface area contributed by atoms with Gasteiger partial charge in [0.05, 0.1) is 0 Å². The Bertz CT molecular complexity index is 506. The van der Waals surface area contributed by atoms with Crippen LogP contribution in [-0.4, -0.2) is 66.2 Å². The molecule has 1 amide bonds. The Morgan fingerprint density at radius 3 is 1.96 bits per heavy atom. The molecule has 0 aromatic heterocycles. The number of nitrogens with one attached hydrogen (secondary N) is 1. The Morgan fingerprint density at radius 1 is 0.958 bits per heavy atom. The van der Waals surface area contributed by atoms with E-state index in [9.17, 15) is 24.3 Å². The van der Waals surface area contributed by atoms with Crippen LogP contribution < -0.4 is 5.32 Å². The van der Waals surface area contributed by atoms with Gasteiger partial charge in [-0.15, -0.1) is 0 Å². The van der Waals surface area contributed by atoms with Gasteiger partial charge in [-0.3, -0.25) is 19.2 Å². The van der Waals surface area contributed by atoms with Crippen LogP contribution in [0.15, 0.2) is 0 Å². The first-order chi connectivity index (χ1) is 11.1. The highest BCUT2D eigenvalue weighted by Gasteiger charge is 2.50. The SMILES string of the molecule is CC(=O)NC1C(OC(C)=O)[C@H](OC(C)=O)C(COC(C)=O)O[C@@H]1O. The lowest BCUT2D eigenvalue weighted by Gasteiger charge is -2.43. The fourth-order valence-electron chi connectivity index (χ4n) is 2.31. The lowest BCUT2D eigenvalue weighted by atomic mass is 9.96. The summed E-state index contributed by atoms with van der Waals surface area (Å²) >= 11 is 0. The molecular weight excluding hydrogens is 326 g/mol. The molecule has 2 N–H and O–H groups in total. The number of rotatable bonds is 5. The highest BCUT2D eigenvalue weighted by atomic mass is 16.7. The molecule has 0 saturated carbocycles. The fourth-order valence-corrected chi connectivity index (χ4v) is 2.31. The van der Waals surface area contributed by atoms with Gasteiger partial charge in [0.2, 0.25) is 5.91 Å². The molecule has 0 aliphatic carbocycles. The van der Waals surface area contributed by atoms with Crippen molar-refractivity contribution >= 4 is 23.8 Å². The standard InChI is InChI=1S/C14H21NO9/c1-6(16)15-11-13(23-9(4)19)12(22-8(3)18)10(24-14(11)20)5-21-7(2)17/h10-14,20H,5H2,1-4H3,(H,15,16)/t10?,11?,12-,13?,14+/m1/s1. The topological polar surface area (TPSA) is 137 Å². The molecule has 1 rings (SSSR count). The van der Waals surface area contributed by atoms with E-state index in [1.807, 2.05) is 0 Å². The largest absolute Gasteiger partial charge is 0.463 e. The summed E-state index contributed by atoms with van der Waals surface area (Å²) in [5, 5.41) is 12.5. The third kappa shape index (κ3) is 5.78. The maximum atomic E-state index is 11.4. The van der Waals surface area contributed by atoms with Crippen LogP contribution in [0.1, 0.15) is 27.7 Å². The van der Waals surface area contributed by atoms with Crippen molar-refractivity contribution in [2.75, 3.05) is 6.61 Å². The Hall–Kier alpha value is -2.20. The number of hydrogen-bond acceptors (Lipinski definition) is 9. The normalized spacial score (nSPS) is 29.3. The van der Waals surface area contributed by atoms with E-state index in [4.69, 9.17) is 18.9 Å². The number of aliphatic hydroxyl groups excluding tert-OH is 1. The summed E-state index contributed by atoms with van der Waals surface area (Å²) in [4.78, 5) is 45.0. The molecule has 0 aromatic carbocycles. The van der Waals surface area contributed by atoms with Gasteiger partial charge in [-0.2, -0.15) is 0 Å². The minimum Gasteiger partial charge on any atom is -0.463 e. The van der Waals surface area contributed by atoms with Crippen molar-refractivity contribution in [2.45, 2.75) is 58.3 Å². The lowest BCUT2D eigenvalue weighted by Crippen LogP contribution is -2.66. The molecule has 1 fully saturated rings. The highest BCUT2D eigenvalue weighted by molar-refractivity contribution is 5.73. The van der Waals surface area contributed by atoms with Crippen LogP contribution in [-0.2, 0) is 38.1 Å². The fraction of sp³-hybridized carbons (Fsp3) is 0.714. The summed E-state index contributed by atoms with van der Waals surface area (Å²) in [7, 11) is 0. The second-order valence-corrected chi connectivity index (χ2v) is 5.24. The summed E-state index contributed by atoms with van der Waals surface area (Å²) in [6, 6.07) is -1.16. The number of esters is 3. The number of amides is 1. The van der Waals surface area contributed by atoms with Crippen LogP contribution in [0.3, 0.4) is 0 Å². The van der Waals surface area contributed by atoms with Crippen LogP contribution in [0, 0.1) is 0 Å². The van der Waals surface area contributed by atoms with E-state index in [1.54, 1.807) is 0 Å². The molecule has 5 atom stereocenters. The van der Waals surface area contributed by atoms with E-state index in [0.29, 0.717) is 0 Å². The molecule has 1 heterocycles. The minimum absolute atomic E-state index is 0.338. The second kappa shape index (κ2) is 8.60. The van der Waals surface area contributed by atoms with Crippen molar-refractivity contribution < 1.29 is 43.2 Å². The van der Waals surface area contributed by atoms with Crippen LogP contribution in [0.2, 0.25) is 0 Å². The predicted molar refractivity (Wildman–Crippen MR) is 76.2 cm³/mol. The van der Waals surface area contributed by atoms with Crippen LogP contribution >= 0.6 is 0 Å². The molecule has 10 heteroatoms. The van der Waals surface area contributed by atoms with Gasteiger partial charge in [0, 0.05) is 27.7 Å². The van der Waals surface area contributed by atoms with Gasteiger partial charge >= 0.3 is 17.9 Å². The van der Waals surface area contributed by atoms with Gasteiger partial charge in [-0.05, 0) is 0 Å². The summed E-state index contributed by atoms with van der Waals surface area (Å²) in [5.41, 5.74) is 0. The van der Waals surface area contributed by atoms with E-state index in [0.717, 1.165) is 13.8 Å². The van der Waals surface area contributed by atoms with Crippen molar-refractivity contribution in [3.8, 4) is 0 Å². The summed E-state index contributed by atoms with van der Waals surface area (Å²) in [6.07, 6.45) is -5.06. The Labute approximate surface area is 138 Å². The van der Waals surface area contributed by atoms with Crippen LogP contribution in [0.4, 0.5) is 0 Å². The van der Waals surface area contributed by atoms with E-state index >= 15 is 0 Å². The van der Waals surface area contributed by atoms with E-state index in [-0.39, 0.29) is 6.61 Å². The second-order valence-electron chi connectivity index (χ2n) is 5.24. The molecule has 1 aliphatic rings. The van der Waals surface area contributed by atoms with Crippen molar-refractivity contribution in [2.24, 2.45) is 0 Å².